The second kappa shape index (κ2) is 7.09. The summed E-state index contributed by atoms with van der Waals surface area (Å²) in [5.74, 6) is 0.663. The molecule has 3 aromatic rings. The number of amides is 1. The lowest BCUT2D eigenvalue weighted by Gasteiger charge is -2.07. The lowest BCUT2D eigenvalue weighted by atomic mass is 10.2. The van der Waals surface area contributed by atoms with Gasteiger partial charge in [-0.25, -0.2) is 5.43 Å². The van der Waals surface area contributed by atoms with E-state index in [4.69, 9.17) is 4.42 Å². The number of nitrogens with one attached hydrogen (secondary N) is 1. The lowest BCUT2D eigenvalue weighted by molar-refractivity contribution is 0.0955. The van der Waals surface area contributed by atoms with E-state index >= 15 is 0 Å². The van der Waals surface area contributed by atoms with Gasteiger partial charge in [0.25, 0.3) is 5.91 Å². The van der Waals surface area contributed by atoms with Gasteiger partial charge in [0, 0.05) is 22.5 Å². The molecule has 128 valence electrons. The summed E-state index contributed by atoms with van der Waals surface area (Å²) in [6, 6.07) is 11.8. The molecule has 1 aromatic carbocycles. The van der Waals surface area contributed by atoms with Crippen LogP contribution in [0.25, 0.3) is 0 Å². The summed E-state index contributed by atoms with van der Waals surface area (Å²) in [6.07, 6.45) is 3.28. The molecule has 2 aromatic heterocycles. The van der Waals surface area contributed by atoms with Gasteiger partial charge in [0.2, 0.25) is 0 Å². The van der Waals surface area contributed by atoms with Gasteiger partial charge >= 0.3 is 0 Å². The number of furan rings is 1. The first kappa shape index (κ1) is 16.6. The van der Waals surface area contributed by atoms with Crippen LogP contribution in [-0.2, 0) is 6.54 Å². The molecule has 0 aliphatic heterocycles. The van der Waals surface area contributed by atoms with Crippen LogP contribution >= 0.6 is 0 Å². The number of aromatic hydroxyl groups is 1. The number of aromatic nitrogens is 1. The van der Waals surface area contributed by atoms with Crippen LogP contribution in [-0.4, -0.2) is 21.8 Å². The Balaban J connectivity index is 1.69. The van der Waals surface area contributed by atoms with Crippen LogP contribution in [0.2, 0.25) is 0 Å². The molecular weight excluding hydrogens is 318 g/mol. The van der Waals surface area contributed by atoms with Crippen molar-refractivity contribution in [2.24, 2.45) is 5.10 Å². The molecular formula is C19H19N3O3. The highest BCUT2D eigenvalue weighted by Crippen LogP contribution is 2.16. The monoisotopic (exact) mass is 337 g/mol. The topological polar surface area (TPSA) is 79.8 Å². The van der Waals surface area contributed by atoms with E-state index in [0.29, 0.717) is 12.1 Å². The molecule has 0 aliphatic rings. The normalized spacial score (nSPS) is 11.1. The molecule has 1 amide bonds. The van der Waals surface area contributed by atoms with Gasteiger partial charge in [-0.3, -0.25) is 4.79 Å². The third kappa shape index (κ3) is 3.80. The molecule has 0 fully saturated rings. The van der Waals surface area contributed by atoms with Crippen molar-refractivity contribution in [3.63, 3.8) is 0 Å². The zero-order valence-electron chi connectivity index (χ0n) is 14.1. The van der Waals surface area contributed by atoms with Crippen molar-refractivity contribution in [3.8, 4) is 5.75 Å². The first-order valence-electron chi connectivity index (χ1n) is 7.86. The highest BCUT2D eigenvalue weighted by Gasteiger charge is 2.09. The van der Waals surface area contributed by atoms with Gasteiger partial charge in [0.05, 0.1) is 19.0 Å². The minimum Gasteiger partial charge on any atom is -0.508 e. The maximum absolute atomic E-state index is 12.0. The highest BCUT2D eigenvalue weighted by molar-refractivity contribution is 5.95. The van der Waals surface area contributed by atoms with Gasteiger partial charge in [-0.2, -0.15) is 5.10 Å². The number of rotatable bonds is 5. The maximum Gasteiger partial charge on any atom is 0.271 e. The number of hydrazone groups is 1. The Morgan fingerprint density at radius 3 is 2.72 bits per heavy atom. The van der Waals surface area contributed by atoms with Gasteiger partial charge in [-0.1, -0.05) is 0 Å². The molecule has 0 bridgehead atoms. The van der Waals surface area contributed by atoms with Crippen molar-refractivity contribution in [1.82, 2.24) is 9.99 Å². The molecule has 0 radical (unpaired) electrons. The van der Waals surface area contributed by atoms with E-state index in [2.05, 4.69) is 15.1 Å². The molecule has 25 heavy (non-hydrogen) atoms. The summed E-state index contributed by atoms with van der Waals surface area (Å²) in [5, 5.41) is 13.3. The Morgan fingerprint density at radius 2 is 2.04 bits per heavy atom. The van der Waals surface area contributed by atoms with Gasteiger partial charge in [0.1, 0.15) is 11.5 Å². The van der Waals surface area contributed by atoms with Crippen molar-refractivity contribution in [3.05, 3.63) is 77.0 Å². The van der Waals surface area contributed by atoms with E-state index in [1.165, 1.54) is 24.3 Å². The number of benzene rings is 1. The Labute approximate surface area is 145 Å². The quantitative estimate of drug-likeness (QED) is 0.554. The molecule has 3 rings (SSSR count). The van der Waals surface area contributed by atoms with E-state index in [1.54, 1.807) is 12.5 Å². The Kier molecular flexibility index (Phi) is 4.70. The maximum atomic E-state index is 12.0. The van der Waals surface area contributed by atoms with Crippen LogP contribution in [0.15, 0.2) is 58.2 Å². The first-order chi connectivity index (χ1) is 12.0. The number of hydrogen-bond acceptors (Lipinski definition) is 4. The number of phenolic OH excluding ortho intramolecular Hbond substituents is 1. The molecule has 0 spiro atoms. The predicted octanol–water partition coefficient (Wildman–Crippen LogP) is 3.22. The Hall–Kier alpha value is -3.28. The van der Waals surface area contributed by atoms with Gasteiger partial charge < -0.3 is 14.1 Å². The van der Waals surface area contributed by atoms with Crippen LogP contribution in [0.1, 0.15) is 33.1 Å². The van der Waals surface area contributed by atoms with Crippen LogP contribution in [0.5, 0.6) is 5.75 Å². The Bertz CT molecular complexity index is 891. The van der Waals surface area contributed by atoms with E-state index in [1.807, 2.05) is 32.0 Å². The van der Waals surface area contributed by atoms with Crippen molar-refractivity contribution in [2.75, 3.05) is 0 Å². The van der Waals surface area contributed by atoms with Crippen molar-refractivity contribution in [2.45, 2.75) is 20.4 Å². The van der Waals surface area contributed by atoms with Crippen LogP contribution < -0.4 is 5.43 Å². The van der Waals surface area contributed by atoms with Gasteiger partial charge in [0.15, 0.2) is 0 Å². The van der Waals surface area contributed by atoms with Crippen molar-refractivity contribution >= 4 is 12.1 Å². The SMILES string of the molecule is Cc1cc(/C=N\NC(=O)c2ccc(O)cc2)c(C)n1Cc1ccco1. The zero-order chi connectivity index (χ0) is 17.8. The fourth-order valence-corrected chi connectivity index (χ4v) is 2.60. The fraction of sp³-hybridized carbons (Fsp3) is 0.158. The highest BCUT2D eigenvalue weighted by atomic mass is 16.3. The number of carbonyl (C=O) groups is 1. The molecule has 0 saturated carbocycles. The number of nitrogens with zero attached hydrogens (tertiary/aromatic N) is 2. The molecule has 0 saturated heterocycles. The smallest absolute Gasteiger partial charge is 0.271 e. The third-order valence-corrected chi connectivity index (χ3v) is 4.01. The minimum atomic E-state index is -0.333. The molecule has 2 N–H and O–H groups in total. The molecule has 0 atom stereocenters. The summed E-state index contributed by atoms with van der Waals surface area (Å²) in [5.41, 5.74) is 5.97. The van der Waals surface area contributed by atoms with Crippen LogP contribution in [0, 0.1) is 13.8 Å². The summed E-state index contributed by atoms with van der Waals surface area (Å²) in [4.78, 5) is 12.0. The second-order valence-corrected chi connectivity index (χ2v) is 5.74. The number of carbonyl (C=O) groups excluding carboxylic acids is 1. The summed E-state index contributed by atoms with van der Waals surface area (Å²) >= 11 is 0. The summed E-state index contributed by atoms with van der Waals surface area (Å²) in [7, 11) is 0. The number of phenols is 1. The second-order valence-electron chi connectivity index (χ2n) is 5.74. The predicted molar refractivity (Wildman–Crippen MR) is 94.9 cm³/mol. The Morgan fingerprint density at radius 1 is 1.28 bits per heavy atom. The lowest BCUT2D eigenvalue weighted by Crippen LogP contribution is -2.17. The fourth-order valence-electron chi connectivity index (χ4n) is 2.60. The van der Waals surface area contributed by atoms with Gasteiger partial charge in [-0.15, -0.1) is 0 Å². The van der Waals surface area contributed by atoms with E-state index < -0.39 is 0 Å². The first-order valence-corrected chi connectivity index (χ1v) is 7.86. The van der Waals surface area contributed by atoms with E-state index in [-0.39, 0.29) is 11.7 Å². The van der Waals surface area contributed by atoms with E-state index in [9.17, 15) is 9.90 Å². The summed E-state index contributed by atoms with van der Waals surface area (Å²) in [6.45, 7) is 4.67. The molecule has 6 nitrogen and oxygen atoms in total. The summed E-state index contributed by atoms with van der Waals surface area (Å²) < 4.78 is 7.52. The number of hydrogen-bond donors (Lipinski definition) is 2. The molecule has 2 heterocycles. The third-order valence-electron chi connectivity index (χ3n) is 4.01. The standard InChI is InChI=1S/C19H19N3O3/c1-13-10-16(14(2)22(13)12-18-4-3-9-25-18)11-20-21-19(24)15-5-7-17(23)8-6-15/h3-11,23H,12H2,1-2H3,(H,21,24)/b20-11-. The van der Waals surface area contributed by atoms with Crippen molar-refractivity contribution < 1.29 is 14.3 Å². The van der Waals surface area contributed by atoms with Gasteiger partial charge in [-0.05, 0) is 56.3 Å². The molecule has 0 unspecified atom stereocenters. The van der Waals surface area contributed by atoms with E-state index in [0.717, 1.165) is 22.7 Å². The molecule has 6 heteroatoms. The zero-order valence-corrected chi connectivity index (χ0v) is 14.1. The van der Waals surface area contributed by atoms with Crippen LogP contribution in [0.3, 0.4) is 0 Å². The molecule has 0 aliphatic carbocycles. The minimum absolute atomic E-state index is 0.115. The average molecular weight is 337 g/mol. The van der Waals surface area contributed by atoms with Crippen LogP contribution in [0.4, 0.5) is 0 Å². The van der Waals surface area contributed by atoms with Crippen molar-refractivity contribution in [1.29, 1.82) is 0 Å². The average Bonchev–Trinajstić information content (AvgIpc) is 3.20. The number of aryl methyl sites for hydroxylation is 1. The largest absolute Gasteiger partial charge is 0.508 e.